The van der Waals surface area contributed by atoms with Gasteiger partial charge in [0.05, 0.1) is 11.9 Å². The van der Waals surface area contributed by atoms with Crippen LogP contribution in [0.25, 0.3) is 11.4 Å². The number of nitrogens with one attached hydrogen (secondary N) is 3. The van der Waals surface area contributed by atoms with E-state index >= 15 is 0 Å². The largest absolute Gasteiger partial charge is 0.371 e. The van der Waals surface area contributed by atoms with Crippen LogP contribution in [-0.2, 0) is 4.79 Å². The number of benzene rings is 2. The smallest absolute Gasteiger partial charge is 0.229 e. The van der Waals surface area contributed by atoms with Gasteiger partial charge in [-0.2, -0.15) is 10.1 Å². The van der Waals surface area contributed by atoms with Crippen molar-refractivity contribution in [1.82, 2.24) is 30.0 Å². The van der Waals surface area contributed by atoms with Crippen molar-refractivity contribution in [1.29, 1.82) is 0 Å². The Hall–Kier alpha value is -4.18. The zero-order valence-electron chi connectivity index (χ0n) is 21.1. The van der Waals surface area contributed by atoms with Crippen molar-refractivity contribution in [3.8, 4) is 11.4 Å². The van der Waals surface area contributed by atoms with E-state index in [1.165, 1.54) is 5.69 Å². The second-order valence-corrected chi connectivity index (χ2v) is 10.2. The van der Waals surface area contributed by atoms with E-state index in [4.69, 9.17) is 11.6 Å². The summed E-state index contributed by atoms with van der Waals surface area (Å²) in [5, 5.41) is 14.1. The molecule has 0 aliphatic carbocycles. The molecule has 2 saturated heterocycles. The van der Waals surface area contributed by atoms with Crippen molar-refractivity contribution in [2.45, 2.75) is 13.8 Å². The number of aromatic nitrogens is 5. The van der Waals surface area contributed by atoms with E-state index in [2.05, 4.69) is 52.8 Å². The molecule has 2 unspecified atom stereocenters. The van der Waals surface area contributed by atoms with Gasteiger partial charge in [0.1, 0.15) is 10.8 Å². The Morgan fingerprint density at radius 2 is 1.74 bits per heavy atom. The molecule has 2 aliphatic heterocycles. The van der Waals surface area contributed by atoms with Crippen LogP contribution in [0, 0.1) is 18.8 Å². The second-order valence-electron chi connectivity index (χ2n) is 9.83. The van der Waals surface area contributed by atoms with Gasteiger partial charge in [-0.15, -0.1) is 0 Å². The summed E-state index contributed by atoms with van der Waals surface area (Å²) in [5.41, 5.74) is 3.67. The first-order chi connectivity index (χ1) is 18.4. The molecule has 3 N–H and O–H groups in total. The minimum Gasteiger partial charge on any atom is -0.371 e. The first kappa shape index (κ1) is 24.2. The Kier molecular flexibility index (Phi) is 6.32. The van der Waals surface area contributed by atoms with Gasteiger partial charge in [0.2, 0.25) is 11.9 Å². The first-order valence-electron chi connectivity index (χ1n) is 12.6. The highest BCUT2D eigenvalue weighted by Crippen LogP contribution is 2.35. The highest BCUT2D eigenvalue weighted by Gasteiger charge is 2.40. The predicted molar refractivity (Wildman–Crippen MR) is 148 cm³/mol. The van der Waals surface area contributed by atoms with Crippen molar-refractivity contribution < 1.29 is 4.79 Å². The van der Waals surface area contributed by atoms with Gasteiger partial charge < -0.3 is 20.4 Å². The van der Waals surface area contributed by atoms with Crippen LogP contribution in [0.1, 0.15) is 12.7 Å². The number of H-pyrrole nitrogens is 1. The first-order valence-corrected chi connectivity index (χ1v) is 13.0. The van der Waals surface area contributed by atoms with Gasteiger partial charge >= 0.3 is 0 Å². The molecule has 194 valence electrons. The number of likely N-dealkylation sites (tertiary alicyclic amines) is 1. The fourth-order valence-corrected chi connectivity index (χ4v) is 5.38. The summed E-state index contributed by atoms with van der Waals surface area (Å²) in [5.74, 6) is 3.50. The van der Waals surface area contributed by atoms with E-state index in [1.54, 1.807) is 13.1 Å². The normalized spacial score (nSPS) is 18.5. The number of hydrogen-bond acceptors (Lipinski definition) is 8. The molecule has 1 amide bonds. The predicted octanol–water partition coefficient (Wildman–Crippen LogP) is 4.63. The van der Waals surface area contributed by atoms with Crippen LogP contribution in [0.4, 0.5) is 28.8 Å². The number of aromatic amines is 1. The Labute approximate surface area is 225 Å². The van der Waals surface area contributed by atoms with Gasteiger partial charge in [-0.3, -0.25) is 9.89 Å². The number of carbonyl (C=O) groups is 1. The molecule has 0 saturated carbocycles. The van der Waals surface area contributed by atoms with Crippen molar-refractivity contribution in [3.63, 3.8) is 0 Å². The third-order valence-electron chi connectivity index (χ3n) is 7.18. The number of amides is 1. The standard InChI is InChI=1S/C27H28ClN9O/c1-16-30-25(35-34-16)22-5-3-4-6-24(22)32-26-23(28)11-29-27(33-26)31-20-7-9-21(10-8-20)37-14-18-12-36(17(2)38)13-19(18)15-37/h3-11,18-19H,12-15H2,1-2H3,(H,30,34,35)(H2,29,31,32,33). The molecule has 2 atom stereocenters. The summed E-state index contributed by atoms with van der Waals surface area (Å²) in [6, 6.07) is 16.0. The lowest BCUT2D eigenvalue weighted by Gasteiger charge is -2.22. The molecule has 2 fully saturated rings. The van der Waals surface area contributed by atoms with Crippen LogP contribution < -0.4 is 15.5 Å². The maximum absolute atomic E-state index is 11.7. The number of anilines is 5. The van der Waals surface area contributed by atoms with Crippen LogP contribution in [0.3, 0.4) is 0 Å². The van der Waals surface area contributed by atoms with E-state index in [9.17, 15) is 4.79 Å². The Bertz CT molecular complexity index is 1460. The highest BCUT2D eigenvalue weighted by molar-refractivity contribution is 6.33. The second kappa shape index (κ2) is 9.94. The lowest BCUT2D eigenvalue weighted by atomic mass is 10.0. The number of hydrogen-bond donors (Lipinski definition) is 3. The molecule has 4 heterocycles. The average molecular weight is 530 g/mol. The van der Waals surface area contributed by atoms with Gasteiger partial charge in [-0.25, -0.2) is 9.97 Å². The Morgan fingerprint density at radius 3 is 2.42 bits per heavy atom. The topological polar surface area (TPSA) is 115 Å². The molecule has 10 nitrogen and oxygen atoms in total. The Morgan fingerprint density at radius 1 is 1.00 bits per heavy atom. The van der Waals surface area contributed by atoms with Gasteiger partial charge in [0, 0.05) is 61.9 Å². The average Bonchev–Trinajstić information content (AvgIpc) is 3.62. The number of fused-ring (bicyclic) bond motifs is 1. The van der Waals surface area contributed by atoms with Crippen molar-refractivity contribution in [2.75, 3.05) is 41.7 Å². The highest BCUT2D eigenvalue weighted by atomic mass is 35.5. The maximum Gasteiger partial charge on any atom is 0.229 e. The molecule has 0 bridgehead atoms. The fraction of sp³-hybridized carbons (Fsp3) is 0.296. The summed E-state index contributed by atoms with van der Waals surface area (Å²) < 4.78 is 0. The lowest BCUT2D eigenvalue weighted by molar-refractivity contribution is -0.128. The maximum atomic E-state index is 11.7. The van der Waals surface area contributed by atoms with E-state index in [0.29, 0.717) is 34.4 Å². The van der Waals surface area contributed by atoms with Gasteiger partial charge in [-0.05, 0) is 43.3 Å². The number of halogens is 1. The zero-order chi connectivity index (χ0) is 26.2. The molecule has 38 heavy (non-hydrogen) atoms. The molecular weight excluding hydrogens is 502 g/mol. The van der Waals surface area contributed by atoms with E-state index < -0.39 is 0 Å². The van der Waals surface area contributed by atoms with Gasteiger partial charge in [0.25, 0.3) is 0 Å². The van der Waals surface area contributed by atoms with Crippen LogP contribution >= 0.6 is 11.6 Å². The van der Waals surface area contributed by atoms with Crippen molar-refractivity contribution >= 4 is 46.3 Å². The minimum atomic E-state index is 0.179. The molecule has 0 spiro atoms. The third-order valence-corrected chi connectivity index (χ3v) is 7.46. The van der Waals surface area contributed by atoms with Crippen LogP contribution in [0.15, 0.2) is 54.7 Å². The number of aryl methyl sites for hydroxylation is 1. The molecule has 2 aliphatic rings. The fourth-order valence-electron chi connectivity index (χ4n) is 5.24. The molecule has 2 aromatic heterocycles. The number of nitrogens with zero attached hydrogens (tertiary/aromatic N) is 6. The summed E-state index contributed by atoms with van der Waals surface area (Å²) in [6.07, 6.45) is 1.57. The van der Waals surface area contributed by atoms with E-state index in [0.717, 1.165) is 48.9 Å². The molecular formula is C27H28ClN9O. The quantitative estimate of drug-likeness (QED) is 0.331. The van der Waals surface area contributed by atoms with E-state index in [-0.39, 0.29) is 5.91 Å². The zero-order valence-corrected chi connectivity index (χ0v) is 21.9. The SMILES string of the molecule is CC(=O)N1CC2CN(c3ccc(Nc4ncc(Cl)c(Nc5ccccc5-c5n[nH]c(C)n5)n4)cc3)CC2C1. The number of rotatable bonds is 6. The number of para-hydroxylation sites is 1. The summed E-state index contributed by atoms with van der Waals surface area (Å²) in [6.45, 7) is 7.20. The van der Waals surface area contributed by atoms with Gasteiger partial charge in [-0.1, -0.05) is 23.7 Å². The summed E-state index contributed by atoms with van der Waals surface area (Å²) in [7, 11) is 0. The monoisotopic (exact) mass is 529 g/mol. The number of carbonyl (C=O) groups excluding carboxylic acids is 1. The van der Waals surface area contributed by atoms with Crippen LogP contribution in [0.2, 0.25) is 5.02 Å². The molecule has 4 aromatic rings. The summed E-state index contributed by atoms with van der Waals surface area (Å²) >= 11 is 6.43. The summed E-state index contributed by atoms with van der Waals surface area (Å²) in [4.78, 5) is 29.5. The van der Waals surface area contributed by atoms with Crippen LogP contribution in [0.5, 0.6) is 0 Å². The van der Waals surface area contributed by atoms with Crippen LogP contribution in [-0.4, -0.2) is 62.1 Å². The lowest BCUT2D eigenvalue weighted by Crippen LogP contribution is -2.31. The van der Waals surface area contributed by atoms with E-state index in [1.807, 2.05) is 48.2 Å². The van der Waals surface area contributed by atoms with Crippen molar-refractivity contribution in [3.05, 3.63) is 65.6 Å². The third kappa shape index (κ3) is 4.87. The molecule has 6 rings (SSSR count). The molecule has 11 heteroatoms. The molecule has 0 radical (unpaired) electrons. The Balaban J connectivity index is 1.14. The minimum absolute atomic E-state index is 0.179. The van der Waals surface area contributed by atoms with Gasteiger partial charge in [0.15, 0.2) is 11.6 Å². The molecule has 2 aromatic carbocycles. The van der Waals surface area contributed by atoms with Crippen molar-refractivity contribution in [2.24, 2.45) is 11.8 Å².